The molecule has 15 heavy (non-hydrogen) atoms. The summed E-state index contributed by atoms with van der Waals surface area (Å²) in [6.07, 6.45) is 1.92. The van der Waals surface area contributed by atoms with Gasteiger partial charge in [-0.3, -0.25) is 4.98 Å². The van der Waals surface area contributed by atoms with Crippen molar-refractivity contribution in [3.63, 3.8) is 0 Å². The highest BCUT2D eigenvalue weighted by atomic mass is 35.5. The molecule has 0 spiro atoms. The second-order valence-electron chi connectivity index (χ2n) is 3.55. The molecule has 1 heterocycles. The molecule has 0 fully saturated rings. The van der Waals surface area contributed by atoms with Crippen LogP contribution in [-0.2, 0) is 0 Å². The lowest BCUT2D eigenvalue weighted by Gasteiger charge is -2.08. The van der Waals surface area contributed by atoms with Gasteiger partial charge in [0.05, 0.1) is 5.52 Å². The number of pyridine rings is 1. The first kappa shape index (κ1) is 10.2. The van der Waals surface area contributed by atoms with Crippen molar-refractivity contribution in [2.75, 3.05) is 0 Å². The van der Waals surface area contributed by atoms with Gasteiger partial charge in [0.15, 0.2) is 0 Å². The van der Waals surface area contributed by atoms with Crippen molar-refractivity contribution in [1.82, 2.24) is 4.98 Å². The van der Waals surface area contributed by atoms with Crippen LogP contribution in [0.15, 0.2) is 29.8 Å². The van der Waals surface area contributed by atoms with Crippen molar-refractivity contribution < 1.29 is 0 Å². The molecule has 2 rings (SSSR count). The van der Waals surface area contributed by atoms with Crippen LogP contribution in [0.1, 0.15) is 16.8 Å². The average Bonchev–Trinajstić information content (AvgIpc) is 2.25. The zero-order valence-electron chi connectivity index (χ0n) is 8.79. The molecule has 1 aromatic carbocycles. The Morgan fingerprint density at radius 3 is 2.67 bits per heavy atom. The molecular formula is C13H12ClN. The number of rotatable bonds is 1. The summed E-state index contributed by atoms with van der Waals surface area (Å²) in [5.74, 6) is 0. The third-order valence-corrected chi connectivity index (χ3v) is 2.78. The molecule has 0 saturated carbocycles. The van der Waals surface area contributed by atoms with Gasteiger partial charge >= 0.3 is 0 Å². The summed E-state index contributed by atoms with van der Waals surface area (Å²) < 4.78 is 0. The van der Waals surface area contributed by atoms with Gasteiger partial charge in [-0.05, 0) is 37.1 Å². The van der Waals surface area contributed by atoms with E-state index in [-0.39, 0.29) is 0 Å². The first-order valence-electron chi connectivity index (χ1n) is 4.86. The number of benzene rings is 1. The molecule has 0 aliphatic heterocycles. The van der Waals surface area contributed by atoms with Crippen molar-refractivity contribution in [2.45, 2.75) is 13.8 Å². The molecule has 0 radical (unpaired) electrons. The highest BCUT2D eigenvalue weighted by Crippen LogP contribution is 2.23. The third kappa shape index (κ3) is 1.75. The summed E-state index contributed by atoms with van der Waals surface area (Å²) in [5.41, 5.74) is 5.97. The Bertz CT molecular complexity index is 529. The molecule has 0 aliphatic carbocycles. The molecule has 0 saturated heterocycles. The third-order valence-electron chi connectivity index (χ3n) is 2.66. The van der Waals surface area contributed by atoms with Crippen LogP contribution in [0.25, 0.3) is 17.0 Å². The summed E-state index contributed by atoms with van der Waals surface area (Å²) in [6, 6.07) is 8.11. The smallest absolute Gasteiger partial charge is 0.0711 e. The lowest BCUT2D eigenvalue weighted by molar-refractivity contribution is 1.19. The first-order chi connectivity index (χ1) is 7.24. The van der Waals surface area contributed by atoms with Gasteiger partial charge in [0, 0.05) is 16.6 Å². The predicted octanol–water partition coefficient (Wildman–Crippen LogP) is 4.06. The van der Waals surface area contributed by atoms with E-state index < -0.39 is 0 Å². The van der Waals surface area contributed by atoms with Crippen molar-refractivity contribution in [3.05, 3.63) is 46.6 Å². The van der Waals surface area contributed by atoms with Crippen LogP contribution in [0.3, 0.4) is 0 Å². The summed E-state index contributed by atoms with van der Waals surface area (Å²) >= 11 is 5.66. The molecular weight excluding hydrogens is 206 g/mol. The van der Waals surface area contributed by atoms with Gasteiger partial charge in [-0.1, -0.05) is 29.8 Å². The van der Waals surface area contributed by atoms with E-state index >= 15 is 0 Å². The van der Waals surface area contributed by atoms with Crippen LogP contribution in [0, 0.1) is 13.8 Å². The normalized spacial score (nSPS) is 11.4. The molecule has 0 atom stereocenters. The largest absolute Gasteiger partial charge is 0.253 e. The Balaban J connectivity index is 2.89. The van der Waals surface area contributed by atoms with Crippen LogP contribution in [0.2, 0.25) is 0 Å². The summed E-state index contributed by atoms with van der Waals surface area (Å²) in [7, 11) is 0. The quantitative estimate of drug-likeness (QED) is 0.702. The van der Waals surface area contributed by atoms with Crippen molar-refractivity contribution in [3.8, 4) is 0 Å². The van der Waals surface area contributed by atoms with Crippen LogP contribution in [0.4, 0.5) is 0 Å². The molecule has 76 valence electrons. The topological polar surface area (TPSA) is 12.9 Å². The van der Waals surface area contributed by atoms with E-state index in [0.29, 0.717) is 0 Å². The predicted molar refractivity (Wildman–Crippen MR) is 66.1 cm³/mol. The number of hydrogen-bond acceptors (Lipinski definition) is 1. The van der Waals surface area contributed by atoms with E-state index in [9.17, 15) is 0 Å². The maximum atomic E-state index is 5.66. The molecule has 0 unspecified atom stereocenters. The zero-order valence-corrected chi connectivity index (χ0v) is 9.55. The average molecular weight is 218 g/mol. The van der Waals surface area contributed by atoms with Gasteiger partial charge in [0.25, 0.3) is 0 Å². The van der Waals surface area contributed by atoms with Gasteiger partial charge in [-0.2, -0.15) is 0 Å². The van der Waals surface area contributed by atoms with E-state index in [0.717, 1.165) is 22.2 Å². The Morgan fingerprint density at radius 2 is 1.93 bits per heavy atom. The minimum atomic E-state index is 1.02. The number of nitrogens with zero attached hydrogens (tertiary/aromatic N) is 1. The fourth-order valence-corrected chi connectivity index (χ4v) is 1.86. The zero-order chi connectivity index (χ0) is 10.8. The highest BCUT2D eigenvalue weighted by molar-refractivity contribution is 6.27. The minimum Gasteiger partial charge on any atom is -0.253 e. The molecule has 0 amide bonds. The number of para-hydroxylation sites is 1. The highest BCUT2D eigenvalue weighted by Gasteiger charge is 2.05. The molecule has 0 aliphatic rings. The number of hydrogen-bond donors (Lipinski definition) is 0. The van der Waals surface area contributed by atoms with Gasteiger partial charge < -0.3 is 0 Å². The molecule has 1 nitrogen and oxygen atoms in total. The van der Waals surface area contributed by atoms with E-state index in [4.69, 9.17) is 11.6 Å². The lowest BCUT2D eigenvalue weighted by Crippen LogP contribution is -1.93. The Labute approximate surface area is 94.4 Å². The van der Waals surface area contributed by atoms with Crippen LogP contribution < -0.4 is 0 Å². The monoisotopic (exact) mass is 217 g/mol. The SMILES string of the molecule is Cc1nc2ccccc2c(/C=C/Cl)c1C. The molecule has 1 aromatic heterocycles. The van der Waals surface area contributed by atoms with E-state index in [2.05, 4.69) is 18.0 Å². The maximum Gasteiger partial charge on any atom is 0.0711 e. The number of aryl methyl sites for hydroxylation is 1. The molecule has 0 bridgehead atoms. The van der Waals surface area contributed by atoms with Crippen molar-refractivity contribution in [1.29, 1.82) is 0 Å². The number of aromatic nitrogens is 1. The van der Waals surface area contributed by atoms with Crippen LogP contribution in [0.5, 0.6) is 0 Å². The fourth-order valence-electron chi connectivity index (χ4n) is 1.74. The Hall–Kier alpha value is -1.34. The van der Waals surface area contributed by atoms with E-state index in [1.807, 2.05) is 31.2 Å². The standard InChI is InChI=1S/C13H12ClN/c1-9-10(2)15-13-6-4-3-5-12(13)11(9)7-8-14/h3-8H,1-2H3/b8-7+. The molecule has 2 aromatic rings. The van der Waals surface area contributed by atoms with Gasteiger partial charge in [-0.25, -0.2) is 0 Å². The van der Waals surface area contributed by atoms with E-state index in [1.54, 1.807) is 5.54 Å². The van der Waals surface area contributed by atoms with Gasteiger partial charge in [-0.15, -0.1) is 0 Å². The van der Waals surface area contributed by atoms with Gasteiger partial charge in [0.2, 0.25) is 0 Å². The minimum absolute atomic E-state index is 1.02. The van der Waals surface area contributed by atoms with Crippen molar-refractivity contribution in [2.24, 2.45) is 0 Å². The lowest BCUT2D eigenvalue weighted by atomic mass is 10.0. The van der Waals surface area contributed by atoms with Crippen LogP contribution >= 0.6 is 11.6 Å². The Morgan fingerprint density at radius 1 is 1.20 bits per heavy atom. The van der Waals surface area contributed by atoms with Gasteiger partial charge in [0.1, 0.15) is 0 Å². The summed E-state index contributed by atoms with van der Waals surface area (Å²) in [4.78, 5) is 4.54. The second-order valence-corrected chi connectivity index (χ2v) is 3.80. The fraction of sp³-hybridized carbons (Fsp3) is 0.154. The van der Waals surface area contributed by atoms with E-state index in [1.165, 1.54) is 5.56 Å². The number of fused-ring (bicyclic) bond motifs is 1. The maximum absolute atomic E-state index is 5.66. The number of halogens is 1. The summed E-state index contributed by atoms with van der Waals surface area (Å²) in [6.45, 7) is 4.09. The molecule has 2 heteroatoms. The first-order valence-corrected chi connectivity index (χ1v) is 5.30. The molecule has 0 N–H and O–H groups in total. The summed E-state index contributed by atoms with van der Waals surface area (Å²) in [5, 5.41) is 1.15. The Kier molecular flexibility index (Phi) is 2.74. The van der Waals surface area contributed by atoms with Crippen LogP contribution in [-0.4, -0.2) is 4.98 Å². The second kappa shape index (κ2) is 4.03. The van der Waals surface area contributed by atoms with Crippen molar-refractivity contribution >= 4 is 28.6 Å².